The van der Waals surface area contributed by atoms with Gasteiger partial charge in [0.2, 0.25) is 0 Å². The van der Waals surface area contributed by atoms with Gasteiger partial charge in [-0.25, -0.2) is 8.42 Å². The third kappa shape index (κ3) is 3.78. The largest absolute Gasteiger partial charge is 0.497 e. The van der Waals surface area contributed by atoms with Crippen molar-refractivity contribution in [3.63, 3.8) is 0 Å². The molecule has 0 amide bonds. The maximum atomic E-state index is 12.5. The Labute approximate surface area is 140 Å². The quantitative estimate of drug-likeness (QED) is 0.778. The fourth-order valence-electron chi connectivity index (χ4n) is 1.77. The van der Waals surface area contributed by atoms with E-state index >= 15 is 0 Å². The molecule has 0 heterocycles. The molecule has 0 spiro atoms. The van der Waals surface area contributed by atoms with Crippen molar-refractivity contribution in [2.24, 2.45) is 0 Å². The second kappa shape index (κ2) is 6.37. The average molecular weight is 435 g/mol. The minimum Gasteiger partial charge on any atom is -0.497 e. The van der Waals surface area contributed by atoms with Gasteiger partial charge in [-0.2, -0.15) is 0 Å². The molecule has 0 aliphatic carbocycles. The molecule has 112 valence electrons. The molecular formula is C14H13Br2NO3S. The maximum Gasteiger partial charge on any atom is 0.262 e. The van der Waals surface area contributed by atoms with Crippen LogP contribution in [-0.2, 0) is 10.0 Å². The van der Waals surface area contributed by atoms with E-state index in [2.05, 4.69) is 36.6 Å². The summed E-state index contributed by atoms with van der Waals surface area (Å²) >= 11 is 6.62. The molecule has 4 nitrogen and oxygen atoms in total. The first kappa shape index (κ1) is 16.3. The van der Waals surface area contributed by atoms with Crippen LogP contribution in [0.4, 0.5) is 5.69 Å². The van der Waals surface area contributed by atoms with E-state index in [1.165, 1.54) is 7.11 Å². The summed E-state index contributed by atoms with van der Waals surface area (Å²) < 4.78 is 34.1. The summed E-state index contributed by atoms with van der Waals surface area (Å²) in [5, 5.41) is 0. The van der Waals surface area contributed by atoms with Crippen LogP contribution in [0.5, 0.6) is 5.75 Å². The predicted octanol–water partition coefficient (Wildman–Crippen LogP) is 4.33. The van der Waals surface area contributed by atoms with Gasteiger partial charge in [-0.05, 0) is 52.7 Å². The highest BCUT2D eigenvalue weighted by Gasteiger charge is 2.18. The number of hydrogen-bond acceptors (Lipinski definition) is 3. The van der Waals surface area contributed by atoms with E-state index in [-0.39, 0.29) is 4.90 Å². The first-order valence-corrected chi connectivity index (χ1v) is 9.03. The number of benzene rings is 2. The van der Waals surface area contributed by atoms with Crippen LogP contribution >= 0.6 is 31.9 Å². The van der Waals surface area contributed by atoms with Gasteiger partial charge in [0.25, 0.3) is 10.0 Å². The number of ether oxygens (including phenoxy) is 1. The van der Waals surface area contributed by atoms with Crippen molar-refractivity contribution in [1.82, 2.24) is 0 Å². The summed E-state index contributed by atoms with van der Waals surface area (Å²) in [5.74, 6) is 0.571. The Hall–Kier alpha value is -1.05. The Bertz CT molecular complexity index is 776. The summed E-state index contributed by atoms with van der Waals surface area (Å²) in [6.07, 6.45) is 0. The van der Waals surface area contributed by atoms with Crippen LogP contribution < -0.4 is 9.46 Å². The number of hydrogen-bond donors (Lipinski definition) is 1. The Kier molecular flexibility index (Phi) is 4.95. The van der Waals surface area contributed by atoms with Gasteiger partial charge in [-0.15, -0.1) is 0 Å². The van der Waals surface area contributed by atoms with E-state index in [4.69, 9.17) is 4.74 Å². The molecule has 0 saturated carbocycles. The highest BCUT2D eigenvalue weighted by atomic mass is 79.9. The van der Waals surface area contributed by atoms with Gasteiger partial charge in [0.15, 0.2) is 0 Å². The standard InChI is InChI=1S/C14H13Br2NO3S/c1-9-3-4-10(15)7-14(9)21(18,19)17-13-8-11(20-2)5-6-12(13)16/h3-8,17H,1-2H3. The van der Waals surface area contributed by atoms with E-state index in [0.717, 1.165) is 0 Å². The van der Waals surface area contributed by atoms with Gasteiger partial charge in [0, 0.05) is 15.0 Å². The van der Waals surface area contributed by atoms with Crippen molar-refractivity contribution >= 4 is 47.6 Å². The SMILES string of the molecule is COc1ccc(Br)c(NS(=O)(=O)c2cc(Br)ccc2C)c1. The molecule has 0 fully saturated rings. The van der Waals surface area contributed by atoms with E-state index in [9.17, 15) is 8.42 Å². The van der Waals surface area contributed by atoms with Crippen LogP contribution in [0.2, 0.25) is 0 Å². The molecule has 0 saturated heterocycles. The predicted molar refractivity (Wildman–Crippen MR) is 90.4 cm³/mol. The molecule has 0 aliphatic rings. The molecule has 0 atom stereocenters. The van der Waals surface area contributed by atoms with Gasteiger partial charge in [0.05, 0.1) is 17.7 Å². The number of aryl methyl sites for hydroxylation is 1. The summed E-state index contributed by atoms with van der Waals surface area (Å²) in [6.45, 7) is 1.75. The third-order valence-corrected chi connectivity index (χ3v) is 5.55. The summed E-state index contributed by atoms with van der Waals surface area (Å²) in [7, 11) is -2.15. The number of halogens is 2. The van der Waals surface area contributed by atoms with Gasteiger partial charge in [-0.3, -0.25) is 4.72 Å². The summed E-state index contributed by atoms with van der Waals surface area (Å²) in [6, 6.07) is 10.2. The van der Waals surface area contributed by atoms with Gasteiger partial charge in [-0.1, -0.05) is 22.0 Å². The monoisotopic (exact) mass is 433 g/mol. The summed E-state index contributed by atoms with van der Waals surface area (Å²) in [4.78, 5) is 0.228. The van der Waals surface area contributed by atoms with Crippen molar-refractivity contribution in [2.75, 3.05) is 11.8 Å². The van der Waals surface area contributed by atoms with Crippen LogP contribution in [0.1, 0.15) is 5.56 Å². The van der Waals surface area contributed by atoms with Crippen molar-refractivity contribution in [3.05, 3.63) is 50.9 Å². The number of methoxy groups -OCH3 is 1. The fourth-order valence-corrected chi connectivity index (χ4v) is 4.10. The Balaban J connectivity index is 2.44. The zero-order valence-electron chi connectivity index (χ0n) is 11.4. The van der Waals surface area contributed by atoms with Crippen molar-refractivity contribution in [3.8, 4) is 5.75 Å². The van der Waals surface area contributed by atoms with Crippen LogP contribution in [0.25, 0.3) is 0 Å². The molecule has 0 aromatic heterocycles. The smallest absolute Gasteiger partial charge is 0.262 e. The lowest BCUT2D eigenvalue weighted by Crippen LogP contribution is -2.14. The zero-order valence-corrected chi connectivity index (χ0v) is 15.3. The van der Waals surface area contributed by atoms with Gasteiger partial charge < -0.3 is 4.74 Å². The molecule has 0 bridgehead atoms. The van der Waals surface area contributed by atoms with E-state index < -0.39 is 10.0 Å². The van der Waals surface area contributed by atoms with Crippen LogP contribution in [0, 0.1) is 6.92 Å². The zero-order chi connectivity index (χ0) is 15.6. The van der Waals surface area contributed by atoms with Crippen LogP contribution in [0.15, 0.2) is 50.2 Å². The Morgan fingerprint density at radius 3 is 2.48 bits per heavy atom. The highest BCUT2D eigenvalue weighted by Crippen LogP contribution is 2.30. The lowest BCUT2D eigenvalue weighted by atomic mass is 10.2. The van der Waals surface area contributed by atoms with E-state index in [0.29, 0.717) is 25.9 Å². The first-order chi connectivity index (χ1) is 9.83. The number of anilines is 1. The topological polar surface area (TPSA) is 55.4 Å². The van der Waals surface area contributed by atoms with Gasteiger partial charge >= 0.3 is 0 Å². The normalized spacial score (nSPS) is 11.2. The molecule has 1 N–H and O–H groups in total. The second-order valence-electron chi connectivity index (χ2n) is 4.36. The summed E-state index contributed by atoms with van der Waals surface area (Å²) in [5.41, 5.74) is 1.10. The number of rotatable bonds is 4. The number of nitrogens with one attached hydrogen (secondary N) is 1. The Morgan fingerprint density at radius 1 is 1.10 bits per heavy atom. The van der Waals surface area contributed by atoms with Crippen LogP contribution in [0.3, 0.4) is 0 Å². The van der Waals surface area contributed by atoms with Crippen molar-refractivity contribution in [2.45, 2.75) is 11.8 Å². The molecule has 2 aromatic carbocycles. The molecule has 0 radical (unpaired) electrons. The molecule has 2 aromatic rings. The lowest BCUT2D eigenvalue weighted by molar-refractivity contribution is 0.415. The van der Waals surface area contributed by atoms with Crippen molar-refractivity contribution < 1.29 is 13.2 Å². The molecule has 2 rings (SSSR count). The van der Waals surface area contributed by atoms with Gasteiger partial charge in [0.1, 0.15) is 5.75 Å². The molecule has 0 unspecified atom stereocenters. The highest BCUT2D eigenvalue weighted by molar-refractivity contribution is 9.10. The molecule has 0 aliphatic heterocycles. The first-order valence-electron chi connectivity index (χ1n) is 5.96. The lowest BCUT2D eigenvalue weighted by Gasteiger charge is -2.13. The van der Waals surface area contributed by atoms with E-state index in [1.807, 2.05) is 0 Å². The Morgan fingerprint density at radius 2 is 1.81 bits per heavy atom. The molecular weight excluding hydrogens is 422 g/mol. The third-order valence-electron chi connectivity index (χ3n) is 2.86. The minimum absolute atomic E-state index is 0.228. The van der Waals surface area contributed by atoms with Crippen molar-refractivity contribution in [1.29, 1.82) is 0 Å². The van der Waals surface area contributed by atoms with Crippen LogP contribution in [-0.4, -0.2) is 15.5 Å². The molecule has 7 heteroatoms. The minimum atomic E-state index is -3.68. The second-order valence-corrected chi connectivity index (χ2v) is 7.78. The average Bonchev–Trinajstić information content (AvgIpc) is 2.43. The van der Waals surface area contributed by atoms with E-state index in [1.54, 1.807) is 43.3 Å². The molecule has 21 heavy (non-hydrogen) atoms. The fraction of sp³-hybridized carbons (Fsp3) is 0.143. The maximum absolute atomic E-state index is 12.5. The number of sulfonamides is 1.